The molecule has 1 aromatic heterocycles. The Bertz CT molecular complexity index is 680. The monoisotopic (exact) mass is 337 g/mol. The van der Waals surface area contributed by atoms with Crippen LogP contribution < -0.4 is 20.3 Å². The summed E-state index contributed by atoms with van der Waals surface area (Å²) >= 11 is 0. The van der Waals surface area contributed by atoms with E-state index in [0.29, 0.717) is 30.9 Å². The molecule has 1 fully saturated rings. The maximum Gasteiger partial charge on any atom is 0.387 e. The molecule has 0 saturated carbocycles. The number of hydrogen-bond acceptors (Lipinski definition) is 4. The normalized spacial score (nSPS) is 17.1. The molecule has 0 radical (unpaired) electrons. The van der Waals surface area contributed by atoms with E-state index >= 15 is 0 Å². The smallest absolute Gasteiger partial charge is 0.387 e. The largest absolute Gasteiger partial charge is 0.433 e. The van der Waals surface area contributed by atoms with Crippen molar-refractivity contribution < 1.29 is 18.3 Å². The van der Waals surface area contributed by atoms with Gasteiger partial charge < -0.3 is 20.3 Å². The maximum absolute atomic E-state index is 12.5. The lowest BCUT2D eigenvalue weighted by Gasteiger charge is -2.22. The van der Waals surface area contributed by atoms with E-state index in [2.05, 4.69) is 25.6 Å². The molecule has 0 bridgehead atoms. The fraction of sp³-hybridized carbons (Fsp3) is 0.333. The number of halogens is 2. The number of alkyl halides is 2. The average molecular weight is 337 g/mol. The standard InChI is InChI=1S/C15H17F2N5O2/c16-14(17)24-13-4-2-1-3-12(13)22-6-5-10(9-22)20-15(23)21-11-7-18-19-8-11/h1-4,7-8,10,14H,5-6,9H2,(H,18,19)(H2,20,21,23)/t10-/m0/s1. The van der Waals surface area contributed by atoms with Crippen molar-refractivity contribution in [3.63, 3.8) is 0 Å². The van der Waals surface area contributed by atoms with Crippen LogP contribution in [0, 0.1) is 0 Å². The Balaban J connectivity index is 1.58. The van der Waals surface area contributed by atoms with Crippen LogP contribution in [0.1, 0.15) is 6.42 Å². The Kier molecular flexibility index (Phi) is 4.78. The van der Waals surface area contributed by atoms with Crippen LogP contribution in [0.2, 0.25) is 0 Å². The van der Waals surface area contributed by atoms with Crippen LogP contribution >= 0.6 is 0 Å². The van der Waals surface area contributed by atoms with Crippen LogP contribution in [-0.4, -0.2) is 42.0 Å². The molecule has 9 heteroatoms. The van der Waals surface area contributed by atoms with Gasteiger partial charge in [-0.15, -0.1) is 0 Å². The van der Waals surface area contributed by atoms with Crippen LogP contribution in [0.3, 0.4) is 0 Å². The van der Waals surface area contributed by atoms with Crippen molar-refractivity contribution in [2.24, 2.45) is 0 Å². The van der Waals surface area contributed by atoms with E-state index in [1.807, 2.05) is 4.90 Å². The van der Waals surface area contributed by atoms with Gasteiger partial charge in [0.05, 0.1) is 17.6 Å². The molecular weight excluding hydrogens is 320 g/mol. The van der Waals surface area contributed by atoms with Gasteiger partial charge in [0, 0.05) is 25.3 Å². The van der Waals surface area contributed by atoms with Crippen LogP contribution in [0.5, 0.6) is 5.75 Å². The molecular formula is C15H17F2N5O2. The summed E-state index contributed by atoms with van der Waals surface area (Å²) in [6, 6.07) is 6.22. The number of carbonyl (C=O) groups is 1. The lowest BCUT2D eigenvalue weighted by Crippen LogP contribution is -2.39. The highest BCUT2D eigenvalue weighted by atomic mass is 19.3. The Morgan fingerprint density at radius 2 is 2.25 bits per heavy atom. The summed E-state index contributed by atoms with van der Waals surface area (Å²) in [5.74, 6) is 0.135. The van der Waals surface area contributed by atoms with Crippen LogP contribution in [0.15, 0.2) is 36.7 Å². The molecule has 2 amide bonds. The number of carbonyl (C=O) groups excluding carboxylic acids is 1. The van der Waals surface area contributed by atoms with E-state index in [0.717, 1.165) is 0 Å². The summed E-state index contributed by atoms with van der Waals surface area (Å²) in [6.07, 6.45) is 3.78. The highest BCUT2D eigenvalue weighted by Gasteiger charge is 2.26. The number of benzene rings is 1. The van der Waals surface area contributed by atoms with E-state index in [4.69, 9.17) is 0 Å². The molecule has 1 aliphatic rings. The Labute approximate surface area is 137 Å². The molecule has 1 aromatic carbocycles. The quantitative estimate of drug-likeness (QED) is 0.782. The van der Waals surface area contributed by atoms with Gasteiger partial charge in [0.25, 0.3) is 0 Å². The fourth-order valence-electron chi connectivity index (χ4n) is 2.68. The summed E-state index contributed by atoms with van der Waals surface area (Å²) in [5, 5.41) is 11.9. The van der Waals surface area contributed by atoms with Gasteiger partial charge >= 0.3 is 12.6 Å². The topological polar surface area (TPSA) is 82.3 Å². The number of anilines is 2. The lowest BCUT2D eigenvalue weighted by atomic mass is 10.2. The molecule has 1 aliphatic heterocycles. The van der Waals surface area contributed by atoms with Gasteiger partial charge in [-0.1, -0.05) is 12.1 Å². The minimum Gasteiger partial charge on any atom is -0.433 e. The molecule has 3 N–H and O–H groups in total. The first kappa shape index (κ1) is 16.0. The molecule has 1 atom stereocenters. The van der Waals surface area contributed by atoms with Gasteiger partial charge in [0.2, 0.25) is 0 Å². The zero-order valence-electron chi connectivity index (χ0n) is 12.7. The van der Waals surface area contributed by atoms with Crippen molar-refractivity contribution in [1.29, 1.82) is 0 Å². The van der Waals surface area contributed by atoms with Gasteiger partial charge in [0.15, 0.2) is 0 Å². The number of urea groups is 1. The molecule has 7 nitrogen and oxygen atoms in total. The molecule has 0 spiro atoms. The number of nitrogens with zero attached hydrogens (tertiary/aromatic N) is 2. The minimum atomic E-state index is -2.87. The number of rotatable bonds is 5. The summed E-state index contributed by atoms with van der Waals surface area (Å²) in [5.41, 5.74) is 1.16. The van der Waals surface area contributed by atoms with Crippen molar-refractivity contribution in [3.05, 3.63) is 36.7 Å². The summed E-state index contributed by atoms with van der Waals surface area (Å²) in [6.45, 7) is -1.72. The van der Waals surface area contributed by atoms with Crippen molar-refractivity contribution in [2.75, 3.05) is 23.3 Å². The van der Waals surface area contributed by atoms with Gasteiger partial charge in [-0.3, -0.25) is 5.10 Å². The summed E-state index contributed by atoms with van der Waals surface area (Å²) in [4.78, 5) is 13.8. The van der Waals surface area contributed by atoms with Gasteiger partial charge in [-0.2, -0.15) is 13.9 Å². The third-order valence-corrected chi connectivity index (χ3v) is 3.70. The molecule has 0 aliphatic carbocycles. The third kappa shape index (κ3) is 3.92. The molecule has 2 aromatic rings. The number of amides is 2. The van der Waals surface area contributed by atoms with Crippen molar-refractivity contribution in [3.8, 4) is 5.75 Å². The number of para-hydroxylation sites is 2. The van der Waals surface area contributed by atoms with Crippen molar-refractivity contribution in [2.45, 2.75) is 19.1 Å². The minimum absolute atomic E-state index is 0.0866. The Hall–Kier alpha value is -2.84. The number of aromatic nitrogens is 2. The van der Waals surface area contributed by atoms with Crippen molar-refractivity contribution in [1.82, 2.24) is 15.5 Å². The van der Waals surface area contributed by atoms with E-state index in [-0.39, 0.29) is 17.8 Å². The average Bonchev–Trinajstić information content (AvgIpc) is 3.19. The maximum atomic E-state index is 12.5. The molecule has 0 unspecified atom stereocenters. The number of H-pyrrole nitrogens is 1. The van der Waals surface area contributed by atoms with Gasteiger partial charge in [0.1, 0.15) is 5.75 Å². The Morgan fingerprint density at radius 3 is 3.00 bits per heavy atom. The van der Waals surface area contributed by atoms with Crippen LogP contribution in [0.25, 0.3) is 0 Å². The highest BCUT2D eigenvalue weighted by Crippen LogP contribution is 2.31. The Morgan fingerprint density at radius 1 is 1.42 bits per heavy atom. The third-order valence-electron chi connectivity index (χ3n) is 3.70. The second-order valence-electron chi connectivity index (χ2n) is 5.36. The lowest BCUT2D eigenvalue weighted by molar-refractivity contribution is -0.0495. The van der Waals surface area contributed by atoms with Gasteiger partial charge in [-0.25, -0.2) is 4.79 Å². The zero-order chi connectivity index (χ0) is 16.9. The number of aromatic amines is 1. The first-order valence-corrected chi connectivity index (χ1v) is 7.47. The predicted molar refractivity (Wildman–Crippen MR) is 84.4 cm³/mol. The van der Waals surface area contributed by atoms with E-state index in [9.17, 15) is 13.6 Å². The number of nitrogens with one attached hydrogen (secondary N) is 3. The molecule has 24 heavy (non-hydrogen) atoms. The first-order chi connectivity index (χ1) is 11.6. The van der Waals surface area contributed by atoms with E-state index < -0.39 is 6.61 Å². The van der Waals surface area contributed by atoms with E-state index in [1.54, 1.807) is 24.4 Å². The summed E-state index contributed by atoms with van der Waals surface area (Å²) < 4.78 is 29.6. The number of hydrogen-bond donors (Lipinski definition) is 3. The van der Waals surface area contributed by atoms with E-state index in [1.165, 1.54) is 12.3 Å². The first-order valence-electron chi connectivity index (χ1n) is 7.47. The second kappa shape index (κ2) is 7.16. The number of ether oxygens (including phenoxy) is 1. The highest BCUT2D eigenvalue weighted by molar-refractivity contribution is 5.89. The molecule has 128 valence electrons. The van der Waals surface area contributed by atoms with Crippen LogP contribution in [-0.2, 0) is 0 Å². The predicted octanol–water partition coefficient (Wildman–Crippen LogP) is 2.41. The molecule has 2 heterocycles. The summed E-state index contributed by atoms with van der Waals surface area (Å²) in [7, 11) is 0. The second-order valence-corrected chi connectivity index (χ2v) is 5.36. The van der Waals surface area contributed by atoms with Crippen LogP contribution in [0.4, 0.5) is 25.0 Å². The van der Waals surface area contributed by atoms with Crippen molar-refractivity contribution >= 4 is 17.4 Å². The zero-order valence-corrected chi connectivity index (χ0v) is 12.7. The molecule has 1 saturated heterocycles. The fourth-order valence-corrected chi connectivity index (χ4v) is 2.68. The SMILES string of the molecule is O=C(Nc1cn[nH]c1)N[C@H]1CCN(c2ccccc2OC(F)F)C1. The molecule has 3 rings (SSSR count). The van der Waals surface area contributed by atoms with Gasteiger partial charge in [-0.05, 0) is 18.6 Å².